The summed E-state index contributed by atoms with van der Waals surface area (Å²) in [7, 11) is 0. The summed E-state index contributed by atoms with van der Waals surface area (Å²) in [5.41, 5.74) is 0.869. The molecule has 1 aromatic rings. The number of nitrogens with one attached hydrogen (secondary N) is 2. The van der Waals surface area contributed by atoms with E-state index in [-0.39, 0.29) is 30.0 Å². The number of hydrogen-bond acceptors (Lipinski definition) is 4. The number of carboxylic acids is 1. The molecule has 0 heterocycles. The zero-order chi connectivity index (χ0) is 16.4. The van der Waals surface area contributed by atoms with Gasteiger partial charge in [0.05, 0.1) is 18.2 Å². The Morgan fingerprint density at radius 1 is 1.23 bits per heavy atom. The molecular weight excluding hydrogens is 304 g/mol. The molecule has 0 saturated carbocycles. The number of carbonyl (C=O) groups is 3. The van der Waals surface area contributed by atoms with Crippen LogP contribution in [0, 0.1) is 0 Å². The van der Waals surface area contributed by atoms with Crippen LogP contribution < -0.4 is 10.6 Å². The molecule has 1 aromatic carbocycles. The van der Waals surface area contributed by atoms with Gasteiger partial charge in [-0.25, -0.2) is 0 Å². The highest BCUT2D eigenvalue weighted by Crippen LogP contribution is 2.16. The predicted octanol–water partition coefficient (Wildman–Crippen LogP) is 1.19. The second-order valence-corrected chi connectivity index (χ2v) is 5.77. The van der Waals surface area contributed by atoms with Crippen LogP contribution in [0.15, 0.2) is 30.3 Å². The van der Waals surface area contributed by atoms with Gasteiger partial charge in [0.1, 0.15) is 0 Å². The molecule has 22 heavy (non-hydrogen) atoms. The average Bonchev–Trinajstić information content (AvgIpc) is 2.46. The summed E-state index contributed by atoms with van der Waals surface area (Å²) < 4.78 is 0. The highest BCUT2D eigenvalue weighted by atomic mass is 32.2. The number of carboxylic acid groups (broad SMARTS) is 1. The lowest BCUT2D eigenvalue weighted by atomic mass is 10.0. The predicted molar refractivity (Wildman–Crippen MR) is 85.6 cm³/mol. The van der Waals surface area contributed by atoms with Gasteiger partial charge < -0.3 is 15.7 Å². The van der Waals surface area contributed by atoms with Crippen LogP contribution in [0.25, 0.3) is 0 Å². The lowest BCUT2D eigenvalue weighted by Gasteiger charge is -2.18. The summed E-state index contributed by atoms with van der Waals surface area (Å²) in [6.07, 6.45) is 0.146. The summed E-state index contributed by atoms with van der Waals surface area (Å²) in [6, 6.07) is 8.92. The van der Waals surface area contributed by atoms with Gasteiger partial charge in [0, 0.05) is 19.2 Å². The maximum atomic E-state index is 11.9. The Balaban J connectivity index is 2.43. The van der Waals surface area contributed by atoms with Crippen LogP contribution >= 0.6 is 11.8 Å². The Bertz CT molecular complexity index is 508. The van der Waals surface area contributed by atoms with Crippen molar-refractivity contribution in [2.45, 2.75) is 19.4 Å². The van der Waals surface area contributed by atoms with Crippen molar-refractivity contribution in [1.82, 2.24) is 10.6 Å². The maximum Gasteiger partial charge on any atom is 0.313 e. The Kier molecular flexibility index (Phi) is 8.06. The topological polar surface area (TPSA) is 95.5 Å². The van der Waals surface area contributed by atoms with E-state index in [1.807, 2.05) is 30.3 Å². The second kappa shape index (κ2) is 9.83. The SMILES string of the molecule is CC(=O)NC(CC(=O)NCCSCC(=O)O)c1ccccc1. The molecule has 0 aliphatic carbocycles. The average molecular weight is 324 g/mol. The lowest BCUT2D eigenvalue weighted by Crippen LogP contribution is -2.33. The molecule has 2 amide bonds. The number of hydrogen-bond donors (Lipinski definition) is 3. The van der Waals surface area contributed by atoms with Gasteiger partial charge in [-0.05, 0) is 5.56 Å². The molecule has 0 radical (unpaired) electrons. The Morgan fingerprint density at radius 3 is 2.50 bits per heavy atom. The van der Waals surface area contributed by atoms with Crippen molar-refractivity contribution in [3.05, 3.63) is 35.9 Å². The van der Waals surface area contributed by atoms with Crippen molar-refractivity contribution in [2.75, 3.05) is 18.1 Å². The Morgan fingerprint density at radius 2 is 1.91 bits per heavy atom. The monoisotopic (exact) mass is 324 g/mol. The smallest absolute Gasteiger partial charge is 0.313 e. The van der Waals surface area contributed by atoms with Gasteiger partial charge in [0.15, 0.2) is 0 Å². The molecule has 6 nitrogen and oxygen atoms in total. The summed E-state index contributed by atoms with van der Waals surface area (Å²) in [4.78, 5) is 33.5. The fourth-order valence-electron chi connectivity index (χ4n) is 1.86. The van der Waals surface area contributed by atoms with Gasteiger partial charge in [-0.1, -0.05) is 30.3 Å². The maximum absolute atomic E-state index is 11.9. The van der Waals surface area contributed by atoms with Gasteiger partial charge in [0.25, 0.3) is 0 Å². The van der Waals surface area contributed by atoms with Crippen LogP contribution in [0.4, 0.5) is 0 Å². The van der Waals surface area contributed by atoms with Crippen LogP contribution in [0.2, 0.25) is 0 Å². The van der Waals surface area contributed by atoms with Crippen LogP contribution in [0.1, 0.15) is 24.9 Å². The number of carbonyl (C=O) groups excluding carboxylic acids is 2. The van der Waals surface area contributed by atoms with Crippen LogP contribution in [0.3, 0.4) is 0 Å². The molecule has 3 N–H and O–H groups in total. The summed E-state index contributed by atoms with van der Waals surface area (Å²) in [5, 5.41) is 14.0. The minimum atomic E-state index is -0.869. The molecular formula is C15H20N2O4S. The first kappa shape index (κ1) is 18.0. The highest BCUT2D eigenvalue weighted by molar-refractivity contribution is 7.99. The third-order valence-corrected chi connectivity index (χ3v) is 3.71. The number of amides is 2. The quantitative estimate of drug-likeness (QED) is 0.593. The molecule has 0 fully saturated rings. The number of rotatable bonds is 9. The lowest BCUT2D eigenvalue weighted by molar-refractivity contribution is -0.134. The summed E-state index contributed by atoms with van der Waals surface area (Å²) in [6.45, 7) is 1.81. The molecule has 0 aromatic heterocycles. The van der Waals surface area contributed by atoms with Gasteiger partial charge in [-0.2, -0.15) is 0 Å². The van der Waals surface area contributed by atoms with E-state index >= 15 is 0 Å². The minimum Gasteiger partial charge on any atom is -0.481 e. The fourth-order valence-corrected chi connectivity index (χ4v) is 2.43. The van der Waals surface area contributed by atoms with Gasteiger partial charge >= 0.3 is 5.97 Å². The molecule has 0 aliphatic heterocycles. The minimum absolute atomic E-state index is 0.0222. The van der Waals surface area contributed by atoms with Crippen molar-refractivity contribution in [3.63, 3.8) is 0 Å². The molecule has 120 valence electrons. The van der Waals surface area contributed by atoms with Gasteiger partial charge in [0.2, 0.25) is 11.8 Å². The Labute approximate surface area is 133 Å². The number of aliphatic carboxylic acids is 1. The molecule has 1 atom stereocenters. The first-order valence-corrected chi connectivity index (χ1v) is 8.02. The van der Waals surface area contributed by atoms with E-state index in [0.29, 0.717) is 12.3 Å². The van der Waals surface area contributed by atoms with Crippen LogP contribution in [0.5, 0.6) is 0 Å². The zero-order valence-corrected chi connectivity index (χ0v) is 13.2. The Hall–Kier alpha value is -2.02. The largest absolute Gasteiger partial charge is 0.481 e. The molecule has 1 rings (SSSR count). The third kappa shape index (κ3) is 7.68. The molecule has 7 heteroatoms. The van der Waals surface area contributed by atoms with Crippen LogP contribution in [-0.2, 0) is 14.4 Å². The van der Waals surface area contributed by atoms with E-state index in [1.54, 1.807) is 0 Å². The molecule has 1 unspecified atom stereocenters. The highest BCUT2D eigenvalue weighted by Gasteiger charge is 2.16. The van der Waals surface area contributed by atoms with E-state index in [2.05, 4.69) is 10.6 Å². The van der Waals surface area contributed by atoms with E-state index in [4.69, 9.17) is 5.11 Å². The van der Waals surface area contributed by atoms with Crippen molar-refractivity contribution in [2.24, 2.45) is 0 Å². The first-order valence-electron chi connectivity index (χ1n) is 6.87. The molecule has 0 aliphatic rings. The van der Waals surface area contributed by atoms with E-state index in [9.17, 15) is 14.4 Å². The fraction of sp³-hybridized carbons (Fsp3) is 0.400. The van der Waals surface area contributed by atoms with Gasteiger partial charge in [-0.15, -0.1) is 11.8 Å². The van der Waals surface area contributed by atoms with Gasteiger partial charge in [-0.3, -0.25) is 14.4 Å². The van der Waals surface area contributed by atoms with E-state index < -0.39 is 5.97 Å². The number of thioether (sulfide) groups is 1. The van der Waals surface area contributed by atoms with Crippen molar-refractivity contribution in [1.29, 1.82) is 0 Å². The van der Waals surface area contributed by atoms with E-state index in [0.717, 1.165) is 5.56 Å². The molecule has 0 bridgehead atoms. The number of benzene rings is 1. The van der Waals surface area contributed by atoms with Crippen molar-refractivity contribution < 1.29 is 19.5 Å². The van der Waals surface area contributed by atoms with E-state index in [1.165, 1.54) is 18.7 Å². The third-order valence-electron chi connectivity index (χ3n) is 2.76. The summed E-state index contributed by atoms with van der Waals surface area (Å²) >= 11 is 1.25. The van der Waals surface area contributed by atoms with Crippen molar-refractivity contribution in [3.8, 4) is 0 Å². The first-order chi connectivity index (χ1) is 10.5. The molecule has 0 saturated heterocycles. The molecule has 0 spiro atoms. The van der Waals surface area contributed by atoms with Crippen molar-refractivity contribution >= 4 is 29.5 Å². The standard InChI is InChI=1S/C15H20N2O4S/c1-11(18)17-13(12-5-3-2-4-6-12)9-14(19)16-7-8-22-10-15(20)21/h2-6,13H,7-10H2,1H3,(H,16,19)(H,17,18)(H,20,21). The second-order valence-electron chi connectivity index (χ2n) is 4.66. The van der Waals surface area contributed by atoms with Crippen LogP contribution in [-0.4, -0.2) is 40.9 Å². The zero-order valence-electron chi connectivity index (χ0n) is 12.4. The summed E-state index contributed by atoms with van der Waals surface area (Å²) in [5.74, 6) is -0.689. The normalized spacial score (nSPS) is 11.5.